The van der Waals surface area contributed by atoms with Gasteiger partial charge in [-0.05, 0) is 92.1 Å². The van der Waals surface area contributed by atoms with Crippen molar-refractivity contribution < 1.29 is 14.7 Å². The Morgan fingerprint density at radius 2 is 1.97 bits per heavy atom. The summed E-state index contributed by atoms with van der Waals surface area (Å²) in [6.07, 6.45) is 18.4. The van der Waals surface area contributed by atoms with Crippen LogP contribution >= 0.6 is 0 Å². The number of carbonyl (C=O) groups excluding carboxylic acids is 1. The molecule has 8 unspecified atom stereocenters. The van der Waals surface area contributed by atoms with Gasteiger partial charge in [-0.2, -0.15) is 0 Å². The molecule has 4 aliphatic carbocycles. The van der Waals surface area contributed by atoms with Gasteiger partial charge in [0.05, 0.1) is 5.92 Å². The highest BCUT2D eigenvalue weighted by Crippen LogP contribution is 2.66. The van der Waals surface area contributed by atoms with Gasteiger partial charge < -0.3 is 5.11 Å². The van der Waals surface area contributed by atoms with Crippen molar-refractivity contribution in [2.24, 2.45) is 46.3 Å². The normalized spacial score (nSPS) is 42.3. The molecule has 0 aromatic rings. The van der Waals surface area contributed by atoms with E-state index in [1.165, 1.54) is 37.7 Å². The first-order chi connectivity index (χ1) is 14.2. The van der Waals surface area contributed by atoms with E-state index in [0.29, 0.717) is 29.6 Å². The molecule has 3 saturated carbocycles. The van der Waals surface area contributed by atoms with Crippen molar-refractivity contribution in [3.8, 4) is 0 Å². The van der Waals surface area contributed by atoms with Gasteiger partial charge in [-0.3, -0.25) is 9.59 Å². The molecule has 1 N–H and O–H groups in total. The maximum atomic E-state index is 11.9. The van der Waals surface area contributed by atoms with Crippen LogP contribution < -0.4 is 0 Å². The Bertz CT molecular complexity index is 805. The molecule has 30 heavy (non-hydrogen) atoms. The lowest BCUT2D eigenvalue weighted by Gasteiger charge is -2.57. The van der Waals surface area contributed by atoms with Crippen molar-refractivity contribution in [1.82, 2.24) is 0 Å². The highest BCUT2D eigenvalue weighted by molar-refractivity contribution is 6.01. The molecule has 0 saturated heterocycles. The summed E-state index contributed by atoms with van der Waals surface area (Å²) in [5.74, 6) is 2.54. The second kappa shape index (κ2) is 7.80. The SMILES string of the molecule is CC(CC=CC(C)C1CCC2C3CCC4=CC(=O)C=CC4(C)C3CCC12C)C(=O)O. The molecule has 0 amide bonds. The maximum Gasteiger partial charge on any atom is 0.306 e. The molecule has 3 heteroatoms. The van der Waals surface area contributed by atoms with E-state index in [9.17, 15) is 9.59 Å². The minimum absolute atomic E-state index is 0.0781. The highest BCUT2D eigenvalue weighted by atomic mass is 16.4. The number of hydrogen-bond donors (Lipinski definition) is 1. The zero-order valence-corrected chi connectivity index (χ0v) is 19.1. The van der Waals surface area contributed by atoms with Crippen LogP contribution in [-0.4, -0.2) is 16.9 Å². The van der Waals surface area contributed by atoms with Crippen LogP contribution in [0, 0.1) is 46.3 Å². The summed E-state index contributed by atoms with van der Waals surface area (Å²) in [7, 11) is 0. The number of fused-ring (bicyclic) bond motifs is 5. The van der Waals surface area contributed by atoms with E-state index in [4.69, 9.17) is 5.11 Å². The summed E-state index contributed by atoms with van der Waals surface area (Å²) in [6.45, 7) is 9.04. The summed E-state index contributed by atoms with van der Waals surface area (Å²) in [5, 5.41) is 9.12. The van der Waals surface area contributed by atoms with Crippen LogP contribution in [0.15, 0.2) is 36.0 Å². The lowest BCUT2D eigenvalue weighted by atomic mass is 9.47. The van der Waals surface area contributed by atoms with Crippen molar-refractivity contribution in [1.29, 1.82) is 0 Å². The molecule has 3 fully saturated rings. The Balaban J connectivity index is 1.50. The predicted molar refractivity (Wildman–Crippen MR) is 120 cm³/mol. The zero-order valence-electron chi connectivity index (χ0n) is 19.1. The average molecular weight is 411 g/mol. The number of hydrogen-bond acceptors (Lipinski definition) is 2. The summed E-state index contributed by atoms with van der Waals surface area (Å²) >= 11 is 0. The molecule has 4 rings (SSSR count). The summed E-state index contributed by atoms with van der Waals surface area (Å²) in [5.41, 5.74) is 1.84. The lowest BCUT2D eigenvalue weighted by Crippen LogP contribution is -2.50. The Hall–Kier alpha value is -1.64. The smallest absolute Gasteiger partial charge is 0.306 e. The van der Waals surface area contributed by atoms with E-state index in [-0.39, 0.29) is 17.1 Å². The standard InChI is InChI=1S/C27H38O3/c1-17(6-5-7-18(2)25(29)30)22-10-11-23-21-9-8-19-16-20(28)12-14-26(19,3)24(21)13-15-27(22,23)4/h5-6,12,14,16-18,21-24H,7-11,13,15H2,1-4H3,(H,29,30). The van der Waals surface area contributed by atoms with E-state index in [1.54, 1.807) is 6.92 Å². The molecule has 0 aromatic carbocycles. The van der Waals surface area contributed by atoms with Crippen LogP contribution in [0.1, 0.15) is 72.6 Å². The van der Waals surface area contributed by atoms with Gasteiger partial charge in [0, 0.05) is 5.41 Å². The third-order valence-corrected chi connectivity index (χ3v) is 9.62. The first-order valence-electron chi connectivity index (χ1n) is 12.0. The molecule has 164 valence electrons. The maximum absolute atomic E-state index is 11.9. The van der Waals surface area contributed by atoms with Gasteiger partial charge in [0.25, 0.3) is 0 Å². The molecule has 0 aromatic heterocycles. The van der Waals surface area contributed by atoms with Gasteiger partial charge in [-0.15, -0.1) is 0 Å². The summed E-state index contributed by atoms with van der Waals surface area (Å²) < 4.78 is 0. The predicted octanol–water partition coefficient (Wildman–Crippen LogP) is 6.21. The van der Waals surface area contributed by atoms with Crippen molar-refractivity contribution in [3.63, 3.8) is 0 Å². The molecule has 3 nitrogen and oxygen atoms in total. The highest BCUT2D eigenvalue weighted by Gasteiger charge is 2.58. The number of carbonyl (C=O) groups is 2. The fraction of sp³-hybridized carbons (Fsp3) is 0.704. The number of aliphatic carboxylic acids is 1. The van der Waals surface area contributed by atoms with E-state index >= 15 is 0 Å². The Labute approximate surface area is 181 Å². The van der Waals surface area contributed by atoms with Gasteiger partial charge in [0.15, 0.2) is 5.78 Å². The van der Waals surface area contributed by atoms with Gasteiger partial charge in [0.2, 0.25) is 0 Å². The van der Waals surface area contributed by atoms with Crippen molar-refractivity contribution in [2.75, 3.05) is 0 Å². The zero-order chi connectivity index (χ0) is 21.7. The number of ketones is 1. The Morgan fingerprint density at radius 1 is 1.20 bits per heavy atom. The van der Waals surface area contributed by atoms with E-state index in [0.717, 1.165) is 18.3 Å². The second-order valence-electron chi connectivity index (χ2n) is 11.1. The van der Waals surface area contributed by atoms with Gasteiger partial charge in [-0.1, -0.05) is 51.5 Å². The van der Waals surface area contributed by atoms with Crippen LogP contribution in [0.2, 0.25) is 0 Å². The summed E-state index contributed by atoms with van der Waals surface area (Å²) in [4.78, 5) is 23.0. The molecule has 0 bridgehead atoms. The molecule has 0 radical (unpaired) electrons. The van der Waals surface area contributed by atoms with Crippen molar-refractivity contribution in [2.45, 2.75) is 72.6 Å². The molecule has 0 heterocycles. The largest absolute Gasteiger partial charge is 0.481 e. The topological polar surface area (TPSA) is 54.4 Å². The third-order valence-electron chi connectivity index (χ3n) is 9.62. The Kier molecular flexibility index (Phi) is 5.61. The number of rotatable bonds is 5. The van der Waals surface area contributed by atoms with Crippen LogP contribution in [0.25, 0.3) is 0 Å². The van der Waals surface area contributed by atoms with Gasteiger partial charge >= 0.3 is 5.97 Å². The van der Waals surface area contributed by atoms with E-state index < -0.39 is 5.97 Å². The summed E-state index contributed by atoms with van der Waals surface area (Å²) in [6, 6.07) is 0. The monoisotopic (exact) mass is 410 g/mol. The molecule has 0 aliphatic heterocycles. The van der Waals surface area contributed by atoms with E-state index in [2.05, 4.69) is 39.0 Å². The fourth-order valence-corrected chi connectivity index (χ4v) is 7.83. The van der Waals surface area contributed by atoms with Crippen LogP contribution in [0.4, 0.5) is 0 Å². The van der Waals surface area contributed by atoms with Crippen LogP contribution in [0.5, 0.6) is 0 Å². The number of allylic oxidation sites excluding steroid dienone is 6. The lowest BCUT2D eigenvalue weighted by molar-refractivity contribution is -0.141. The van der Waals surface area contributed by atoms with Crippen LogP contribution in [0.3, 0.4) is 0 Å². The Morgan fingerprint density at radius 3 is 2.70 bits per heavy atom. The second-order valence-corrected chi connectivity index (χ2v) is 11.1. The fourth-order valence-electron chi connectivity index (χ4n) is 7.83. The molecule has 8 atom stereocenters. The van der Waals surface area contributed by atoms with Crippen molar-refractivity contribution >= 4 is 11.8 Å². The number of carboxylic acids is 1. The molecular weight excluding hydrogens is 372 g/mol. The van der Waals surface area contributed by atoms with E-state index in [1.807, 2.05) is 12.2 Å². The first-order valence-corrected chi connectivity index (χ1v) is 12.0. The molecule has 0 spiro atoms. The van der Waals surface area contributed by atoms with Gasteiger partial charge in [0.1, 0.15) is 0 Å². The first kappa shape index (κ1) is 21.6. The number of carboxylic acid groups (broad SMARTS) is 1. The minimum Gasteiger partial charge on any atom is -0.481 e. The van der Waals surface area contributed by atoms with Crippen LogP contribution in [-0.2, 0) is 9.59 Å². The quantitative estimate of drug-likeness (QED) is 0.548. The molecular formula is C27H38O3. The van der Waals surface area contributed by atoms with Gasteiger partial charge in [-0.25, -0.2) is 0 Å². The average Bonchev–Trinajstić information content (AvgIpc) is 3.05. The van der Waals surface area contributed by atoms with Crippen molar-refractivity contribution in [3.05, 3.63) is 36.0 Å². The third kappa shape index (κ3) is 3.42. The molecule has 4 aliphatic rings. The minimum atomic E-state index is -0.712.